The molecule has 0 bridgehead atoms. The van der Waals surface area contributed by atoms with E-state index in [2.05, 4.69) is 4.90 Å². The number of nitrogens with zero attached hydrogens (tertiary/aromatic N) is 3. The molecule has 6 heteroatoms. The number of rotatable bonds is 6. The topological polar surface area (TPSA) is 64.1 Å². The molecule has 6 nitrogen and oxygen atoms in total. The molecule has 2 aliphatic rings. The maximum atomic E-state index is 13.9. The molecule has 3 atom stereocenters. The number of benzene rings is 2. The van der Waals surface area contributed by atoms with Crippen molar-refractivity contribution in [2.75, 3.05) is 32.8 Å². The van der Waals surface area contributed by atoms with Gasteiger partial charge in [-0.15, -0.1) is 0 Å². The van der Waals surface area contributed by atoms with Crippen LogP contribution >= 0.6 is 0 Å². The highest BCUT2D eigenvalue weighted by Gasteiger charge is 2.42. The fourth-order valence-electron chi connectivity index (χ4n) is 5.19. The van der Waals surface area contributed by atoms with Crippen LogP contribution in [0.1, 0.15) is 43.4 Å². The minimum Gasteiger partial charge on any atom is -0.395 e. The van der Waals surface area contributed by atoms with Crippen LogP contribution in [0.15, 0.2) is 60.7 Å². The minimum atomic E-state index is -0.268. The summed E-state index contributed by atoms with van der Waals surface area (Å²) in [5.41, 5.74) is 2.09. The summed E-state index contributed by atoms with van der Waals surface area (Å²) in [6.07, 6.45) is 1.87. The normalized spacial score (nSPS) is 23.3. The van der Waals surface area contributed by atoms with E-state index in [0.29, 0.717) is 25.9 Å². The molecule has 3 unspecified atom stereocenters. The molecule has 0 aliphatic carbocycles. The third-order valence-electron chi connectivity index (χ3n) is 7.09. The molecule has 0 radical (unpaired) electrons. The Balaban J connectivity index is 1.59. The molecule has 176 valence electrons. The highest BCUT2D eigenvalue weighted by atomic mass is 16.3. The van der Waals surface area contributed by atoms with Gasteiger partial charge < -0.3 is 14.9 Å². The molecule has 2 aliphatic heterocycles. The van der Waals surface area contributed by atoms with Crippen LogP contribution in [-0.4, -0.2) is 70.4 Å². The van der Waals surface area contributed by atoms with Gasteiger partial charge in [0.1, 0.15) is 0 Å². The van der Waals surface area contributed by atoms with E-state index in [-0.39, 0.29) is 36.4 Å². The first-order valence-electron chi connectivity index (χ1n) is 12.1. The van der Waals surface area contributed by atoms with Crippen LogP contribution in [0.2, 0.25) is 0 Å². The Morgan fingerprint density at radius 3 is 2.39 bits per heavy atom. The van der Waals surface area contributed by atoms with E-state index in [0.717, 1.165) is 37.2 Å². The first-order valence-corrected chi connectivity index (χ1v) is 12.1. The van der Waals surface area contributed by atoms with E-state index < -0.39 is 0 Å². The van der Waals surface area contributed by atoms with E-state index in [9.17, 15) is 14.7 Å². The molecule has 2 aromatic rings. The lowest BCUT2D eigenvalue weighted by atomic mass is 9.83. The predicted molar refractivity (Wildman–Crippen MR) is 128 cm³/mol. The van der Waals surface area contributed by atoms with E-state index >= 15 is 0 Å². The Bertz CT molecular complexity index is 921. The molecule has 33 heavy (non-hydrogen) atoms. The number of carbonyl (C=O) groups is 2. The van der Waals surface area contributed by atoms with Gasteiger partial charge in [-0.05, 0) is 30.9 Å². The maximum Gasteiger partial charge on any atom is 0.228 e. The standard InChI is InChI=1S/C27H35N3O3/c1-21(20-31)28-15-8-16-29(18-17-28)27(33)24-13-14-25(32)30(19-22-9-4-2-5-10-22)26(24)23-11-6-3-7-12-23/h2-7,9-12,21,24,26,31H,8,13-20H2,1H3. The molecule has 2 amide bonds. The Kier molecular flexibility index (Phi) is 7.78. The van der Waals surface area contributed by atoms with Gasteiger partial charge in [0.15, 0.2) is 0 Å². The Morgan fingerprint density at radius 2 is 1.70 bits per heavy atom. The van der Waals surface area contributed by atoms with Crippen LogP contribution in [0.4, 0.5) is 0 Å². The van der Waals surface area contributed by atoms with Crippen molar-refractivity contribution in [1.82, 2.24) is 14.7 Å². The van der Waals surface area contributed by atoms with Crippen molar-refractivity contribution in [3.8, 4) is 0 Å². The second-order valence-electron chi connectivity index (χ2n) is 9.25. The van der Waals surface area contributed by atoms with Gasteiger partial charge in [-0.25, -0.2) is 0 Å². The predicted octanol–water partition coefficient (Wildman–Crippen LogP) is 3.08. The fraction of sp³-hybridized carbons (Fsp3) is 0.481. The van der Waals surface area contributed by atoms with Crippen molar-refractivity contribution in [2.45, 2.75) is 44.8 Å². The molecule has 0 saturated carbocycles. The van der Waals surface area contributed by atoms with E-state index in [1.165, 1.54) is 0 Å². The molecule has 2 saturated heterocycles. The van der Waals surface area contributed by atoms with E-state index in [4.69, 9.17) is 0 Å². The van der Waals surface area contributed by atoms with Crippen molar-refractivity contribution >= 4 is 11.8 Å². The highest BCUT2D eigenvalue weighted by Crippen LogP contribution is 2.39. The molecule has 0 spiro atoms. The van der Waals surface area contributed by atoms with Gasteiger partial charge in [0, 0.05) is 45.2 Å². The molecule has 0 aromatic heterocycles. The van der Waals surface area contributed by atoms with Gasteiger partial charge >= 0.3 is 0 Å². The van der Waals surface area contributed by atoms with Crippen molar-refractivity contribution in [3.63, 3.8) is 0 Å². The average Bonchev–Trinajstić information content (AvgIpc) is 3.12. The van der Waals surface area contributed by atoms with Crippen LogP contribution in [0.25, 0.3) is 0 Å². The van der Waals surface area contributed by atoms with Crippen molar-refractivity contribution < 1.29 is 14.7 Å². The van der Waals surface area contributed by atoms with Crippen LogP contribution in [0, 0.1) is 5.92 Å². The molecular weight excluding hydrogens is 414 g/mol. The Labute approximate surface area is 196 Å². The summed E-state index contributed by atoms with van der Waals surface area (Å²) < 4.78 is 0. The number of likely N-dealkylation sites (tertiary alicyclic amines) is 1. The lowest BCUT2D eigenvalue weighted by Gasteiger charge is -2.42. The van der Waals surface area contributed by atoms with Crippen LogP contribution in [0.3, 0.4) is 0 Å². The summed E-state index contributed by atoms with van der Waals surface area (Å²) >= 11 is 0. The Morgan fingerprint density at radius 1 is 1.00 bits per heavy atom. The van der Waals surface area contributed by atoms with Crippen LogP contribution in [0.5, 0.6) is 0 Å². The summed E-state index contributed by atoms with van der Waals surface area (Å²) in [4.78, 5) is 33.1. The van der Waals surface area contributed by atoms with E-state index in [1.807, 2.05) is 77.4 Å². The lowest BCUT2D eigenvalue weighted by molar-refractivity contribution is -0.148. The molecule has 4 rings (SSSR count). The zero-order valence-corrected chi connectivity index (χ0v) is 19.5. The largest absolute Gasteiger partial charge is 0.395 e. The van der Waals surface area contributed by atoms with Crippen LogP contribution in [-0.2, 0) is 16.1 Å². The SMILES string of the molecule is CC(CO)N1CCCN(C(=O)C2CCC(=O)N(Cc3ccccc3)C2c2ccccc2)CC1. The smallest absolute Gasteiger partial charge is 0.228 e. The average molecular weight is 450 g/mol. The van der Waals surface area contributed by atoms with Gasteiger partial charge in [0.25, 0.3) is 0 Å². The highest BCUT2D eigenvalue weighted by molar-refractivity contribution is 5.85. The first kappa shape index (κ1) is 23.5. The van der Waals surface area contributed by atoms with Gasteiger partial charge in [0.05, 0.1) is 18.6 Å². The summed E-state index contributed by atoms with van der Waals surface area (Å²) in [5, 5.41) is 9.53. The van der Waals surface area contributed by atoms with Crippen molar-refractivity contribution in [2.24, 2.45) is 5.92 Å². The van der Waals surface area contributed by atoms with E-state index in [1.54, 1.807) is 0 Å². The first-order chi connectivity index (χ1) is 16.1. The number of piperidine rings is 1. The summed E-state index contributed by atoms with van der Waals surface area (Å²) in [6, 6.07) is 19.9. The third-order valence-corrected chi connectivity index (χ3v) is 7.09. The molecule has 2 heterocycles. The quantitative estimate of drug-likeness (QED) is 0.736. The van der Waals surface area contributed by atoms with Crippen molar-refractivity contribution in [1.29, 1.82) is 0 Å². The Hall–Kier alpha value is -2.70. The van der Waals surface area contributed by atoms with Gasteiger partial charge in [-0.1, -0.05) is 60.7 Å². The monoisotopic (exact) mass is 449 g/mol. The zero-order chi connectivity index (χ0) is 23.2. The number of aliphatic hydroxyl groups excluding tert-OH is 1. The summed E-state index contributed by atoms with van der Waals surface area (Å²) in [7, 11) is 0. The van der Waals surface area contributed by atoms with Crippen LogP contribution < -0.4 is 0 Å². The third kappa shape index (κ3) is 5.45. The second-order valence-corrected chi connectivity index (χ2v) is 9.25. The molecular formula is C27H35N3O3. The van der Waals surface area contributed by atoms with Gasteiger partial charge in [-0.3, -0.25) is 14.5 Å². The number of carbonyl (C=O) groups excluding carboxylic acids is 2. The summed E-state index contributed by atoms with van der Waals surface area (Å²) in [5.74, 6) is -0.000822. The minimum absolute atomic E-state index is 0.103. The fourth-order valence-corrected chi connectivity index (χ4v) is 5.19. The van der Waals surface area contributed by atoms with Crippen molar-refractivity contribution in [3.05, 3.63) is 71.8 Å². The number of aliphatic hydroxyl groups is 1. The number of amides is 2. The lowest BCUT2D eigenvalue weighted by Crippen LogP contribution is -2.49. The summed E-state index contributed by atoms with van der Waals surface area (Å²) in [6.45, 7) is 5.69. The molecule has 2 fully saturated rings. The molecule has 2 aromatic carbocycles. The van der Waals surface area contributed by atoms with Gasteiger partial charge in [0.2, 0.25) is 11.8 Å². The van der Waals surface area contributed by atoms with Gasteiger partial charge in [-0.2, -0.15) is 0 Å². The second kappa shape index (κ2) is 10.9. The number of hydrogen-bond donors (Lipinski definition) is 1. The zero-order valence-electron chi connectivity index (χ0n) is 19.5. The number of hydrogen-bond acceptors (Lipinski definition) is 4. The molecule has 1 N–H and O–H groups in total. The maximum absolute atomic E-state index is 13.9.